The number of carbonyl (C=O) groups is 1. The molecule has 4 aliphatic rings. The van der Waals surface area contributed by atoms with Gasteiger partial charge in [-0.2, -0.15) is 0 Å². The van der Waals surface area contributed by atoms with E-state index in [2.05, 4.69) is 0 Å². The van der Waals surface area contributed by atoms with Crippen molar-refractivity contribution in [3.8, 4) is 0 Å². The number of ether oxygens (including phenoxy) is 3. The number of carbonyl (C=O) groups excluding carboxylic acids is 1. The molecule has 6 nitrogen and oxygen atoms in total. The standard InChI is InChI=1S/C23H36O6.Ac/c1-12-8-9-23(26)13(2)18-21(5,14(27-6)10-15-22(18,25)11-29-15)19(24)17(28-7)16(12)20(23,3)4;/h13-15,17-18,25-26H,8-11H2,1-7H3;/t13-,14?,15?,17?,18?,21+,22-,23?;/m0./s1. The summed E-state index contributed by atoms with van der Waals surface area (Å²) in [5.74, 6) is -0.891. The van der Waals surface area contributed by atoms with Crippen LogP contribution in [0.3, 0.4) is 0 Å². The van der Waals surface area contributed by atoms with Gasteiger partial charge in [-0.15, -0.1) is 0 Å². The van der Waals surface area contributed by atoms with Gasteiger partial charge in [-0.25, -0.2) is 0 Å². The van der Waals surface area contributed by atoms with E-state index in [9.17, 15) is 15.0 Å². The Hall–Kier alpha value is 0.652. The Balaban J connectivity index is 0.00000256. The van der Waals surface area contributed by atoms with Crippen LogP contribution in [0.15, 0.2) is 11.1 Å². The van der Waals surface area contributed by atoms with Crippen LogP contribution >= 0.6 is 0 Å². The van der Waals surface area contributed by atoms with E-state index in [4.69, 9.17) is 14.2 Å². The minimum Gasteiger partial charge on any atom is -0.389 e. The number of fused-ring (bicyclic) bond motifs is 5. The molecule has 0 aromatic rings. The van der Waals surface area contributed by atoms with Gasteiger partial charge in [0.1, 0.15) is 11.7 Å². The molecule has 0 spiro atoms. The molecular formula is C23H36AcO6. The maximum absolute atomic E-state index is 14.2. The van der Waals surface area contributed by atoms with Gasteiger partial charge in [-0.05, 0) is 38.2 Å². The first-order valence-corrected chi connectivity index (χ1v) is 10.8. The van der Waals surface area contributed by atoms with Crippen LogP contribution in [0, 0.1) is 66.7 Å². The molecule has 167 valence electrons. The van der Waals surface area contributed by atoms with Crippen molar-refractivity contribution < 1.29 is 73.3 Å². The van der Waals surface area contributed by atoms with E-state index in [-0.39, 0.29) is 68.5 Å². The van der Waals surface area contributed by atoms with Crippen molar-refractivity contribution in [2.24, 2.45) is 22.7 Å². The molecule has 4 rings (SSSR count). The van der Waals surface area contributed by atoms with E-state index in [1.54, 1.807) is 14.2 Å². The van der Waals surface area contributed by atoms with Gasteiger partial charge in [-0.3, -0.25) is 4.79 Å². The SMILES string of the molecule is COC1C(=O)[C@]2(C)C(OC)CC3OC[C@@]3(O)C2[C@H](C)C2(O)CCC(C)=C1C2(C)C.[Ac]. The molecular weight excluding hydrogens is 599 g/mol. The number of hydrogen-bond acceptors (Lipinski definition) is 6. The predicted octanol–water partition coefficient (Wildman–Crippen LogP) is 2.26. The zero-order valence-corrected chi connectivity index (χ0v) is 24.1. The molecule has 0 aromatic carbocycles. The van der Waals surface area contributed by atoms with Crippen molar-refractivity contribution in [3.63, 3.8) is 0 Å². The minimum absolute atomic E-state index is 0. The molecule has 1 heterocycles. The van der Waals surface area contributed by atoms with Crippen LogP contribution in [-0.4, -0.2) is 66.3 Å². The summed E-state index contributed by atoms with van der Waals surface area (Å²) in [4.78, 5) is 14.2. The summed E-state index contributed by atoms with van der Waals surface area (Å²) in [6, 6.07) is 0. The molecule has 0 amide bonds. The molecule has 2 N–H and O–H groups in total. The fraction of sp³-hybridized carbons (Fsp3) is 0.870. The number of methoxy groups -OCH3 is 2. The number of allylic oxidation sites excluding steroid dienone is 1. The first kappa shape index (κ1) is 25.3. The van der Waals surface area contributed by atoms with E-state index in [0.717, 1.165) is 11.1 Å². The summed E-state index contributed by atoms with van der Waals surface area (Å²) >= 11 is 0. The Labute approximate surface area is 215 Å². The molecule has 0 aromatic heterocycles. The summed E-state index contributed by atoms with van der Waals surface area (Å²) in [7, 11) is 3.17. The largest absolute Gasteiger partial charge is 0.389 e. The Morgan fingerprint density at radius 3 is 2.27 bits per heavy atom. The first-order valence-electron chi connectivity index (χ1n) is 10.8. The van der Waals surface area contributed by atoms with Crippen LogP contribution in [-0.2, 0) is 19.0 Å². The maximum Gasteiger partial charge on any atom is 0.174 e. The Morgan fingerprint density at radius 2 is 1.77 bits per heavy atom. The van der Waals surface area contributed by atoms with Gasteiger partial charge in [0.2, 0.25) is 0 Å². The monoisotopic (exact) mass is 635 g/mol. The summed E-state index contributed by atoms with van der Waals surface area (Å²) < 4.78 is 17.4. The van der Waals surface area contributed by atoms with E-state index in [1.807, 2.05) is 34.6 Å². The molecule has 3 fully saturated rings. The van der Waals surface area contributed by atoms with Crippen molar-refractivity contribution in [2.45, 2.75) is 83.4 Å². The van der Waals surface area contributed by atoms with Crippen LogP contribution in [0.1, 0.15) is 53.9 Å². The third kappa shape index (κ3) is 2.85. The molecule has 1 radical (unpaired) electrons. The zero-order chi connectivity index (χ0) is 21.6. The Morgan fingerprint density at radius 1 is 1.13 bits per heavy atom. The van der Waals surface area contributed by atoms with Gasteiger partial charge in [0.15, 0.2) is 5.78 Å². The van der Waals surface area contributed by atoms with Crippen LogP contribution < -0.4 is 0 Å². The third-order valence-electron chi connectivity index (χ3n) is 9.26. The molecule has 2 bridgehead atoms. The molecule has 5 unspecified atom stereocenters. The second kappa shape index (κ2) is 7.86. The summed E-state index contributed by atoms with van der Waals surface area (Å²) in [6.07, 6.45) is 0.185. The van der Waals surface area contributed by atoms with Crippen LogP contribution in [0.4, 0.5) is 0 Å². The van der Waals surface area contributed by atoms with Crippen molar-refractivity contribution in [2.75, 3.05) is 20.8 Å². The van der Waals surface area contributed by atoms with Crippen molar-refractivity contribution in [3.05, 3.63) is 11.1 Å². The predicted molar refractivity (Wildman–Crippen MR) is 107 cm³/mol. The summed E-state index contributed by atoms with van der Waals surface area (Å²) in [5, 5.41) is 23.9. The zero-order valence-electron chi connectivity index (χ0n) is 19.3. The van der Waals surface area contributed by atoms with Gasteiger partial charge < -0.3 is 24.4 Å². The van der Waals surface area contributed by atoms with E-state index < -0.39 is 40.2 Å². The number of rotatable bonds is 2. The maximum atomic E-state index is 14.2. The number of hydrogen-bond donors (Lipinski definition) is 2. The summed E-state index contributed by atoms with van der Waals surface area (Å²) in [5.41, 5.74) is -1.91. The molecule has 3 aliphatic carbocycles. The fourth-order valence-corrected chi connectivity index (χ4v) is 7.55. The summed E-state index contributed by atoms with van der Waals surface area (Å²) in [6.45, 7) is 10.1. The van der Waals surface area contributed by atoms with E-state index in [1.165, 1.54) is 0 Å². The van der Waals surface area contributed by atoms with Crippen molar-refractivity contribution in [1.82, 2.24) is 0 Å². The van der Waals surface area contributed by atoms with Crippen LogP contribution in [0.25, 0.3) is 0 Å². The van der Waals surface area contributed by atoms with Gasteiger partial charge in [0, 0.05) is 76.0 Å². The van der Waals surface area contributed by atoms with Gasteiger partial charge in [0.25, 0.3) is 0 Å². The number of Topliss-reactive ketones (excluding diaryl/α,β-unsaturated/α-hetero) is 1. The quantitative estimate of drug-likeness (QED) is 0.454. The number of aliphatic hydroxyl groups is 2. The smallest absolute Gasteiger partial charge is 0.174 e. The Kier molecular flexibility index (Phi) is 6.62. The normalized spacial score (nSPS) is 49.8. The molecule has 30 heavy (non-hydrogen) atoms. The van der Waals surface area contributed by atoms with Crippen molar-refractivity contribution in [1.29, 1.82) is 0 Å². The third-order valence-corrected chi connectivity index (χ3v) is 9.26. The molecule has 1 aliphatic heterocycles. The van der Waals surface area contributed by atoms with Crippen molar-refractivity contribution >= 4 is 5.78 Å². The minimum atomic E-state index is -1.16. The fourth-order valence-electron chi connectivity index (χ4n) is 7.55. The van der Waals surface area contributed by atoms with E-state index >= 15 is 0 Å². The van der Waals surface area contributed by atoms with Gasteiger partial charge in [0.05, 0.1) is 29.8 Å². The van der Waals surface area contributed by atoms with Gasteiger partial charge >= 0.3 is 0 Å². The first-order chi connectivity index (χ1) is 13.4. The molecule has 8 atom stereocenters. The van der Waals surface area contributed by atoms with Crippen LogP contribution in [0.2, 0.25) is 0 Å². The average molecular weight is 636 g/mol. The average Bonchev–Trinajstić information content (AvgIpc) is 2.65. The van der Waals surface area contributed by atoms with E-state index in [0.29, 0.717) is 19.3 Å². The second-order valence-electron chi connectivity index (χ2n) is 10.5. The van der Waals surface area contributed by atoms with Crippen LogP contribution in [0.5, 0.6) is 0 Å². The molecule has 7 heteroatoms. The Bertz CT molecular complexity index is 765. The molecule has 1 saturated heterocycles. The van der Waals surface area contributed by atoms with Gasteiger partial charge in [-0.1, -0.05) is 26.3 Å². The topological polar surface area (TPSA) is 85.2 Å². The number of ketones is 1. The molecule has 2 saturated carbocycles. The second-order valence-corrected chi connectivity index (χ2v) is 10.5.